The molecule has 2 aromatic heterocycles. The first kappa shape index (κ1) is 17.9. The quantitative estimate of drug-likeness (QED) is 0.687. The Labute approximate surface area is 170 Å². The van der Waals surface area contributed by atoms with Crippen LogP contribution < -0.4 is 4.90 Å². The van der Waals surface area contributed by atoms with Crippen LogP contribution in [0.25, 0.3) is 11.3 Å². The van der Waals surface area contributed by atoms with Gasteiger partial charge in [-0.3, -0.25) is 4.79 Å². The zero-order chi connectivity index (χ0) is 20.0. The van der Waals surface area contributed by atoms with Crippen LogP contribution in [-0.2, 0) is 0 Å². The molecule has 2 atom stereocenters. The van der Waals surface area contributed by atoms with Crippen molar-refractivity contribution in [2.45, 2.75) is 13.8 Å². The molecule has 6 heteroatoms. The number of hydrogen-bond acceptors (Lipinski definition) is 5. The number of fused-ring (bicyclic) bond motifs is 1. The van der Waals surface area contributed by atoms with Gasteiger partial charge in [-0.15, -0.1) is 0 Å². The minimum atomic E-state index is 0.0839. The number of carbonyl (C=O) groups is 1. The predicted molar refractivity (Wildman–Crippen MR) is 111 cm³/mol. The third-order valence-corrected chi connectivity index (χ3v) is 5.97. The van der Waals surface area contributed by atoms with E-state index in [0.29, 0.717) is 17.4 Å². The number of aryl methyl sites for hydroxylation is 2. The number of hydrogen-bond donors (Lipinski definition) is 0. The van der Waals surface area contributed by atoms with Gasteiger partial charge in [0.25, 0.3) is 5.91 Å². The highest BCUT2D eigenvalue weighted by atomic mass is 16.3. The van der Waals surface area contributed by atoms with Crippen molar-refractivity contribution in [2.24, 2.45) is 11.8 Å². The van der Waals surface area contributed by atoms with Crippen LogP contribution >= 0.6 is 0 Å². The summed E-state index contributed by atoms with van der Waals surface area (Å²) in [6.45, 7) is 7.36. The van der Waals surface area contributed by atoms with Crippen LogP contribution in [0.15, 0.2) is 53.1 Å². The lowest BCUT2D eigenvalue weighted by Crippen LogP contribution is -2.34. The maximum atomic E-state index is 13.3. The van der Waals surface area contributed by atoms with E-state index in [1.165, 1.54) is 0 Å². The smallest absolute Gasteiger partial charge is 0.254 e. The fourth-order valence-electron chi connectivity index (χ4n) is 4.66. The summed E-state index contributed by atoms with van der Waals surface area (Å²) in [5, 5.41) is 0. The Morgan fingerprint density at radius 1 is 0.966 bits per heavy atom. The molecule has 0 radical (unpaired) electrons. The number of carbonyl (C=O) groups excluding carboxylic acids is 1. The number of benzene rings is 1. The molecule has 2 fully saturated rings. The van der Waals surface area contributed by atoms with E-state index in [0.717, 1.165) is 54.8 Å². The average Bonchev–Trinajstić information content (AvgIpc) is 3.43. The number of aromatic nitrogens is 2. The van der Waals surface area contributed by atoms with Crippen molar-refractivity contribution in [3.63, 3.8) is 0 Å². The average molecular weight is 388 g/mol. The molecule has 2 unspecified atom stereocenters. The van der Waals surface area contributed by atoms with Crippen LogP contribution in [0.1, 0.15) is 21.7 Å². The van der Waals surface area contributed by atoms with Crippen LogP contribution in [0.3, 0.4) is 0 Å². The summed E-state index contributed by atoms with van der Waals surface area (Å²) >= 11 is 0. The van der Waals surface area contributed by atoms with E-state index in [9.17, 15) is 4.79 Å². The second kappa shape index (κ2) is 7.03. The number of furan rings is 1. The fraction of sp³-hybridized carbons (Fsp3) is 0.348. The molecule has 5 rings (SSSR count). The van der Waals surface area contributed by atoms with Crippen molar-refractivity contribution in [1.29, 1.82) is 0 Å². The van der Waals surface area contributed by atoms with Crippen molar-refractivity contribution < 1.29 is 9.21 Å². The van der Waals surface area contributed by atoms with E-state index >= 15 is 0 Å². The molecule has 2 aliphatic rings. The molecule has 3 aromatic rings. The SMILES string of the molecule is Cc1cc(C)nc(N2CC3CN(C(=O)c4ccccc4-c4ccco4)CC3C2)n1. The van der Waals surface area contributed by atoms with Crippen molar-refractivity contribution in [1.82, 2.24) is 14.9 Å². The lowest BCUT2D eigenvalue weighted by atomic mass is 10.0. The molecule has 0 bridgehead atoms. The number of anilines is 1. The minimum absolute atomic E-state index is 0.0839. The topological polar surface area (TPSA) is 62.5 Å². The van der Waals surface area contributed by atoms with Crippen molar-refractivity contribution in [3.8, 4) is 11.3 Å². The van der Waals surface area contributed by atoms with Gasteiger partial charge in [-0.2, -0.15) is 0 Å². The van der Waals surface area contributed by atoms with E-state index in [4.69, 9.17) is 4.42 Å². The van der Waals surface area contributed by atoms with Gasteiger partial charge in [-0.1, -0.05) is 18.2 Å². The molecule has 6 nitrogen and oxygen atoms in total. The highest BCUT2D eigenvalue weighted by Crippen LogP contribution is 2.34. The van der Waals surface area contributed by atoms with Crippen molar-refractivity contribution in [3.05, 3.63) is 65.7 Å². The Kier molecular flexibility index (Phi) is 4.34. The second-order valence-corrected chi connectivity index (χ2v) is 8.11. The van der Waals surface area contributed by atoms with Gasteiger partial charge in [0.05, 0.1) is 11.8 Å². The highest BCUT2D eigenvalue weighted by molar-refractivity contribution is 6.00. The van der Waals surface area contributed by atoms with Crippen molar-refractivity contribution >= 4 is 11.9 Å². The van der Waals surface area contributed by atoms with Crippen molar-refractivity contribution in [2.75, 3.05) is 31.1 Å². The van der Waals surface area contributed by atoms with Crippen LogP contribution in [0.2, 0.25) is 0 Å². The largest absolute Gasteiger partial charge is 0.464 e. The molecular formula is C23H24N4O2. The Morgan fingerprint density at radius 2 is 1.66 bits per heavy atom. The Hall–Kier alpha value is -3.15. The summed E-state index contributed by atoms with van der Waals surface area (Å²) in [4.78, 5) is 26.8. The second-order valence-electron chi connectivity index (χ2n) is 8.11. The summed E-state index contributed by atoms with van der Waals surface area (Å²) in [5.41, 5.74) is 3.55. The van der Waals surface area contributed by atoms with Gasteiger partial charge in [0.15, 0.2) is 0 Å². The summed E-state index contributed by atoms with van der Waals surface area (Å²) in [5.74, 6) is 2.54. The molecule has 148 valence electrons. The molecule has 0 spiro atoms. The summed E-state index contributed by atoms with van der Waals surface area (Å²) in [6, 6.07) is 13.4. The first-order valence-corrected chi connectivity index (χ1v) is 10.1. The Balaban J connectivity index is 1.32. The van der Waals surface area contributed by atoms with E-state index in [-0.39, 0.29) is 5.91 Å². The highest BCUT2D eigenvalue weighted by Gasteiger charge is 2.42. The monoisotopic (exact) mass is 388 g/mol. The Morgan fingerprint density at radius 3 is 2.31 bits per heavy atom. The first-order valence-electron chi connectivity index (χ1n) is 10.1. The summed E-state index contributed by atoms with van der Waals surface area (Å²) in [6.07, 6.45) is 1.64. The number of likely N-dealkylation sites (tertiary alicyclic amines) is 1. The van der Waals surface area contributed by atoms with Gasteiger partial charge in [0.1, 0.15) is 5.76 Å². The maximum absolute atomic E-state index is 13.3. The van der Waals surface area contributed by atoms with E-state index in [2.05, 4.69) is 14.9 Å². The third-order valence-electron chi connectivity index (χ3n) is 5.97. The predicted octanol–water partition coefficient (Wildman–Crippen LogP) is 3.56. The molecule has 2 aliphatic heterocycles. The molecular weight excluding hydrogens is 364 g/mol. The molecule has 1 amide bonds. The zero-order valence-corrected chi connectivity index (χ0v) is 16.7. The van der Waals surface area contributed by atoms with Gasteiger partial charge < -0.3 is 14.2 Å². The van der Waals surface area contributed by atoms with Gasteiger partial charge in [-0.05, 0) is 38.1 Å². The minimum Gasteiger partial charge on any atom is -0.464 e. The molecule has 1 aromatic carbocycles. The molecule has 0 N–H and O–H groups in total. The van der Waals surface area contributed by atoms with Gasteiger partial charge >= 0.3 is 0 Å². The van der Waals surface area contributed by atoms with E-state index < -0.39 is 0 Å². The lowest BCUT2D eigenvalue weighted by molar-refractivity contribution is 0.0783. The summed E-state index contributed by atoms with van der Waals surface area (Å²) in [7, 11) is 0. The van der Waals surface area contributed by atoms with Crippen LogP contribution in [0.5, 0.6) is 0 Å². The molecule has 29 heavy (non-hydrogen) atoms. The number of rotatable bonds is 3. The fourth-order valence-corrected chi connectivity index (χ4v) is 4.66. The first-order chi connectivity index (χ1) is 14.1. The standard InChI is InChI=1S/C23H24N4O2/c1-15-10-16(2)25-23(24-15)27-13-17-11-26(12-18(17)14-27)22(28)20-7-4-3-6-19(20)21-8-5-9-29-21/h3-10,17-18H,11-14H2,1-2H3. The van der Waals surface area contributed by atoms with Gasteiger partial charge in [0, 0.05) is 55.0 Å². The normalized spacial score (nSPS) is 20.9. The van der Waals surface area contributed by atoms with Crippen LogP contribution in [-0.4, -0.2) is 47.0 Å². The van der Waals surface area contributed by atoms with Gasteiger partial charge in [-0.25, -0.2) is 9.97 Å². The van der Waals surface area contributed by atoms with Crippen LogP contribution in [0, 0.1) is 25.7 Å². The lowest BCUT2D eigenvalue weighted by Gasteiger charge is -2.23. The number of amides is 1. The molecule has 2 saturated heterocycles. The van der Waals surface area contributed by atoms with Gasteiger partial charge in [0.2, 0.25) is 5.95 Å². The Bertz CT molecular complexity index is 1010. The van der Waals surface area contributed by atoms with E-state index in [1.54, 1.807) is 6.26 Å². The molecule has 0 aliphatic carbocycles. The van der Waals surface area contributed by atoms with E-state index in [1.807, 2.05) is 61.2 Å². The van der Waals surface area contributed by atoms with Crippen LogP contribution in [0.4, 0.5) is 5.95 Å². The molecule has 4 heterocycles. The molecule has 0 saturated carbocycles. The third kappa shape index (κ3) is 3.28. The number of nitrogens with zero attached hydrogens (tertiary/aromatic N) is 4. The zero-order valence-electron chi connectivity index (χ0n) is 16.7. The summed E-state index contributed by atoms with van der Waals surface area (Å²) < 4.78 is 5.54. The maximum Gasteiger partial charge on any atom is 0.254 e.